The Hall–Kier alpha value is -0.890. The van der Waals surface area contributed by atoms with Crippen molar-refractivity contribution in [2.24, 2.45) is 5.73 Å². The van der Waals surface area contributed by atoms with Gasteiger partial charge in [0.25, 0.3) is 0 Å². The molecule has 0 aliphatic carbocycles. The highest BCUT2D eigenvalue weighted by atomic mass is 16.7. The smallest absolute Gasteiger partial charge is 0.187 e. The van der Waals surface area contributed by atoms with Crippen molar-refractivity contribution < 1.29 is 69.7 Å². The van der Waals surface area contributed by atoms with Crippen LogP contribution in [0.3, 0.4) is 0 Å². The normalized spacial score (nSPS) is 43.5. The van der Waals surface area contributed by atoms with Gasteiger partial charge in [-0.2, -0.15) is 0 Å². The summed E-state index contributed by atoms with van der Waals surface area (Å²) < 4.78 is 21.4. The van der Waals surface area contributed by atoms with Crippen LogP contribution in [0.5, 0.6) is 0 Å². The average molecular weight is 487 g/mol. The molecule has 0 aromatic rings. The second kappa shape index (κ2) is 12.2. The summed E-state index contributed by atoms with van der Waals surface area (Å²) in [6.45, 7) is -0.306. The predicted molar refractivity (Wildman–Crippen MR) is 103 cm³/mol. The van der Waals surface area contributed by atoms with Gasteiger partial charge in [-0.1, -0.05) is 0 Å². The number of carbonyl (C=O) groups excluding carboxylic acids is 1. The van der Waals surface area contributed by atoms with Crippen LogP contribution >= 0.6 is 0 Å². The molecule has 2 fully saturated rings. The summed E-state index contributed by atoms with van der Waals surface area (Å²) in [4.78, 5) is 11.1. The van der Waals surface area contributed by atoms with Gasteiger partial charge in [-0.25, -0.2) is 0 Å². The lowest BCUT2D eigenvalue weighted by Gasteiger charge is -2.46. The summed E-state index contributed by atoms with van der Waals surface area (Å²) in [6.07, 6.45) is -20.9. The number of aliphatic hydroxyl groups is 9. The molecule has 194 valence electrons. The van der Waals surface area contributed by atoms with Crippen molar-refractivity contribution in [3.05, 3.63) is 0 Å². The molecule has 15 heteroatoms. The van der Waals surface area contributed by atoms with Crippen LogP contribution in [0.2, 0.25) is 0 Å². The maximum Gasteiger partial charge on any atom is 0.187 e. The van der Waals surface area contributed by atoms with E-state index in [1.165, 1.54) is 6.92 Å². The van der Waals surface area contributed by atoms with Gasteiger partial charge in [-0.15, -0.1) is 0 Å². The lowest BCUT2D eigenvalue weighted by Crippen LogP contribution is -2.65. The summed E-state index contributed by atoms with van der Waals surface area (Å²) in [5.41, 5.74) is 5.57. The minimum atomic E-state index is -1.91. The summed E-state index contributed by atoms with van der Waals surface area (Å²) in [5, 5.41) is 89.3. The van der Waals surface area contributed by atoms with Crippen molar-refractivity contribution in [2.75, 3.05) is 13.2 Å². The quantitative estimate of drug-likeness (QED) is 0.128. The van der Waals surface area contributed by atoms with Crippen molar-refractivity contribution >= 4 is 6.29 Å². The van der Waals surface area contributed by atoms with Gasteiger partial charge in [-0.05, 0) is 6.92 Å². The largest absolute Gasteiger partial charge is 0.394 e. The van der Waals surface area contributed by atoms with Gasteiger partial charge in [0, 0.05) is 0 Å². The zero-order valence-electron chi connectivity index (χ0n) is 17.7. The maximum absolute atomic E-state index is 11.1. The van der Waals surface area contributed by atoms with Crippen LogP contribution in [0.4, 0.5) is 0 Å². The van der Waals surface area contributed by atoms with E-state index >= 15 is 0 Å². The van der Waals surface area contributed by atoms with Crippen molar-refractivity contribution in [3.63, 3.8) is 0 Å². The molecular formula is C18H33NO14. The molecule has 2 aliphatic heterocycles. The molecule has 0 saturated carbocycles. The molecule has 11 N–H and O–H groups in total. The van der Waals surface area contributed by atoms with Gasteiger partial charge in [-0.3, -0.25) is 0 Å². The summed E-state index contributed by atoms with van der Waals surface area (Å²) in [7, 11) is 0. The Morgan fingerprint density at radius 3 is 2.09 bits per heavy atom. The Kier molecular flexibility index (Phi) is 10.5. The molecule has 15 nitrogen and oxygen atoms in total. The van der Waals surface area contributed by atoms with Gasteiger partial charge >= 0.3 is 0 Å². The molecular weight excluding hydrogens is 454 g/mol. The number of aldehydes is 1. The lowest BCUT2D eigenvalue weighted by atomic mass is 9.96. The van der Waals surface area contributed by atoms with Gasteiger partial charge < -0.3 is 75.4 Å². The minimum absolute atomic E-state index is 0.182. The SMILES string of the molecule is C[C@@H]1O[C@H](O[C@H]2[C@H](O)[C@@H](O)[C@H](O[C@@H]([C@@H](O)[C@H](O)CO)[C@@H](N)C=O)O[C@@H]2CO)[C@H](O)[C@H](O)[C@H]1O. The minimum Gasteiger partial charge on any atom is -0.394 e. The first kappa shape index (κ1) is 28.3. The lowest BCUT2D eigenvalue weighted by molar-refractivity contribution is -0.363. The van der Waals surface area contributed by atoms with Crippen LogP contribution in [0.15, 0.2) is 0 Å². The van der Waals surface area contributed by atoms with E-state index in [4.69, 9.17) is 29.8 Å². The Labute approximate surface area is 188 Å². The highest BCUT2D eigenvalue weighted by molar-refractivity contribution is 5.58. The number of hydrogen-bond donors (Lipinski definition) is 10. The van der Waals surface area contributed by atoms with E-state index in [2.05, 4.69) is 0 Å². The van der Waals surface area contributed by atoms with Crippen LogP contribution in [0, 0.1) is 0 Å². The van der Waals surface area contributed by atoms with E-state index in [1.807, 2.05) is 0 Å². The average Bonchev–Trinajstić information content (AvgIpc) is 2.81. The third-order valence-electron chi connectivity index (χ3n) is 5.67. The zero-order valence-corrected chi connectivity index (χ0v) is 17.7. The molecule has 0 unspecified atom stereocenters. The number of nitrogens with two attached hydrogens (primary N) is 1. The van der Waals surface area contributed by atoms with Gasteiger partial charge in [0.2, 0.25) is 0 Å². The van der Waals surface area contributed by atoms with Crippen LogP contribution in [-0.4, -0.2) is 151 Å². The number of carbonyl (C=O) groups is 1. The van der Waals surface area contributed by atoms with Gasteiger partial charge in [0.1, 0.15) is 67.3 Å². The predicted octanol–water partition coefficient (Wildman–Crippen LogP) is -6.74. The van der Waals surface area contributed by atoms with Crippen LogP contribution in [-0.2, 0) is 23.7 Å². The van der Waals surface area contributed by atoms with E-state index < -0.39 is 99.0 Å². The van der Waals surface area contributed by atoms with Crippen LogP contribution in [0.25, 0.3) is 0 Å². The molecule has 0 spiro atoms. The fourth-order valence-corrected chi connectivity index (χ4v) is 3.57. The Morgan fingerprint density at radius 2 is 1.55 bits per heavy atom. The molecule has 0 aromatic carbocycles. The van der Waals surface area contributed by atoms with E-state index in [0.29, 0.717) is 0 Å². The molecule has 0 bridgehead atoms. The summed E-state index contributed by atoms with van der Waals surface area (Å²) in [5.74, 6) is 0. The Morgan fingerprint density at radius 1 is 0.939 bits per heavy atom. The van der Waals surface area contributed by atoms with Crippen molar-refractivity contribution in [3.8, 4) is 0 Å². The third-order valence-corrected chi connectivity index (χ3v) is 5.67. The van der Waals surface area contributed by atoms with Crippen molar-refractivity contribution in [1.82, 2.24) is 0 Å². The molecule has 2 rings (SSSR count). The van der Waals surface area contributed by atoms with Crippen LogP contribution < -0.4 is 5.73 Å². The third kappa shape index (κ3) is 6.22. The summed E-state index contributed by atoms with van der Waals surface area (Å²) in [6, 6.07) is -1.53. The molecule has 0 amide bonds. The molecule has 0 radical (unpaired) electrons. The number of hydrogen-bond acceptors (Lipinski definition) is 15. The fraction of sp³-hybridized carbons (Fsp3) is 0.944. The van der Waals surface area contributed by atoms with Crippen molar-refractivity contribution in [2.45, 2.75) is 92.7 Å². The highest BCUT2D eigenvalue weighted by Gasteiger charge is 2.51. The van der Waals surface area contributed by atoms with Gasteiger partial charge in [0.05, 0.1) is 25.4 Å². The number of ether oxygens (including phenoxy) is 4. The molecule has 14 atom stereocenters. The van der Waals surface area contributed by atoms with Crippen LogP contribution in [0.1, 0.15) is 6.92 Å². The molecule has 2 saturated heterocycles. The van der Waals surface area contributed by atoms with E-state index in [1.54, 1.807) is 0 Å². The fourth-order valence-electron chi connectivity index (χ4n) is 3.57. The standard InChI is InChI=1S/C18H33NO14/c1-5-9(24)11(26)13(28)17(30-5)33-16-8(4-22)31-18(14(29)12(16)27)32-15(6(19)2-20)10(25)7(23)3-21/h2,5-18,21-29H,3-4,19H2,1H3/t5-,6-,7+,8+,9-,10-,11+,12+,13+,14+,15+,16+,17+,18-/m0/s1. The molecule has 2 heterocycles. The maximum atomic E-state index is 11.1. The highest BCUT2D eigenvalue weighted by Crippen LogP contribution is 2.30. The van der Waals surface area contributed by atoms with Gasteiger partial charge in [0.15, 0.2) is 12.6 Å². The molecule has 2 aliphatic rings. The Bertz CT molecular complexity index is 613. The van der Waals surface area contributed by atoms with E-state index in [-0.39, 0.29) is 6.29 Å². The molecule has 33 heavy (non-hydrogen) atoms. The Balaban J connectivity index is 2.16. The first-order chi connectivity index (χ1) is 15.5. The summed E-state index contributed by atoms with van der Waals surface area (Å²) >= 11 is 0. The number of aliphatic hydroxyl groups excluding tert-OH is 9. The number of rotatable bonds is 10. The van der Waals surface area contributed by atoms with E-state index in [9.17, 15) is 45.6 Å². The zero-order chi connectivity index (χ0) is 25.0. The monoisotopic (exact) mass is 487 g/mol. The first-order valence-electron chi connectivity index (χ1n) is 10.3. The van der Waals surface area contributed by atoms with E-state index in [0.717, 1.165) is 0 Å². The second-order valence-corrected chi connectivity index (χ2v) is 8.04. The molecule has 0 aromatic heterocycles. The second-order valence-electron chi connectivity index (χ2n) is 8.04. The topological polar surface area (TPSA) is 262 Å². The van der Waals surface area contributed by atoms with Crippen molar-refractivity contribution in [1.29, 1.82) is 0 Å². The first-order valence-corrected chi connectivity index (χ1v) is 10.3.